The molecule has 0 unspecified atom stereocenters. The van der Waals surface area contributed by atoms with Gasteiger partial charge in [0.2, 0.25) is 0 Å². The molecule has 13 heavy (non-hydrogen) atoms. The molecule has 0 bridgehead atoms. The number of carboxylic acid groups (broad SMARTS) is 1. The van der Waals surface area contributed by atoms with Gasteiger partial charge in [-0.1, -0.05) is 0 Å². The van der Waals surface area contributed by atoms with Crippen LogP contribution in [0.2, 0.25) is 0 Å². The summed E-state index contributed by atoms with van der Waals surface area (Å²) in [4.78, 5) is 13.2. The molecular weight excluding hydrogens is 187 g/mol. The number of hydrogen-bond donors (Lipinski definition) is 1. The summed E-state index contributed by atoms with van der Waals surface area (Å²) >= 11 is 0. The molecule has 6 heteroatoms. The molecule has 0 saturated heterocycles. The van der Waals surface area contributed by atoms with E-state index in [1.54, 1.807) is 0 Å². The van der Waals surface area contributed by atoms with E-state index in [2.05, 4.69) is 4.98 Å². The first-order valence-electron chi connectivity index (χ1n) is 4.44. The van der Waals surface area contributed by atoms with E-state index >= 15 is 0 Å². The van der Waals surface area contributed by atoms with Gasteiger partial charge in [-0.3, -0.25) is 4.98 Å². The van der Waals surface area contributed by atoms with Crippen LogP contribution in [0.1, 0.15) is 20.2 Å². The third-order valence-electron chi connectivity index (χ3n) is 1.13. The number of alkyl halides is 3. The van der Waals surface area contributed by atoms with Gasteiger partial charge >= 0.3 is 12.1 Å². The number of aromatic nitrogens is 1. The van der Waals surface area contributed by atoms with Crippen molar-refractivity contribution in [1.29, 1.82) is 0 Å². The summed E-state index contributed by atoms with van der Waals surface area (Å²) in [6.45, 7) is 0. The Kier molecular flexibility index (Phi) is 1.39. The monoisotopic (exact) mass is 194 g/mol. The van der Waals surface area contributed by atoms with E-state index in [1.807, 2.05) is 0 Å². The minimum absolute atomic E-state index is 0.953. The van der Waals surface area contributed by atoms with Crippen molar-refractivity contribution in [2.75, 3.05) is 0 Å². The van der Waals surface area contributed by atoms with E-state index in [9.17, 15) is 18.0 Å². The highest BCUT2D eigenvalue weighted by Crippen LogP contribution is 2.29. The number of hydrogen-bond acceptors (Lipinski definition) is 2. The van der Waals surface area contributed by atoms with Crippen molar-refractivity contribution in [3.05, 3.63) is 29.5 Å². The van der Waals surface area contributed by atoms with Crippen molar-refractivity contribution in [3.8, 4) is 0 Å². The molecule has 3 nitrogen and oxygen atoms in total. The van der Waals surface area contributed by atoms with Crippen molar-refractivity contribution >= 4 is 5.97 Å². The van der Waals surface area contributed by atoms with Crippen molar-refractivity contribution in [2.24, 2.45) is 0 Å². The second-order valence-electron chi connectivity index (χ2n) is 2.00. The topological polar surface area (TPSA) is 50.2 Å². The van der Waals surface area contributed by atoms with Gasteiger partial charge in [0.1, 0.15) is 0 Å². The number of carboxylic acids is 1. The Balaban J connectivity index is 3.67. The Morgan fingerprint density at radius 2 is 2.23 bits per heavy atom. The number of carbonyl (C=O) groups is 1. The molecule has 0 saturated carbocycles. The standard InChI is InChI=1S/C7H4F3NO2/c8-7(9,10)5-4(6(12)13)2-1-3-11-5/h1-3H,(H,12,13)/i1D,2D,3D. The molecule has 1 N–H and O–H groups in total. The first kappa shape index (κ1) is 5.95. The molecule has 0 fully saturated rings. The van der Waals surface area contributed by atoms with E-state index in [-0.39, 0.29) is 0 Å². The maximum absolute atomic E-state index is 12.3. The Labute approximate surface area is 75.0 Å². The van der Waals surface area contributed by atoms with Crippen LogP contribution in [-0.2, 0) is 6.18 Å². The van der Waals surface area contributed by atoms with Crippen LogP contribution in [0.3, 0.4) is 0 Å². The number of nitrogens with zero attached hydrogens (tertiary/aromatic N) is 1. The van der Waals surface area contributed by atoms with Gasteiger partial charge in [0, 0.05) is 6.17 Å². The molecule has 0 spiro atoms. The van der Waals surface area contributed by atoms with Crippen LogP contribution < -0.4 is 0 Å². The maximum Gasteiger partial charge on any atom is 0.434 e. The van der Waals surface area contributed by atoms with Crippen LogP contribution >= 0.6 is 0 Å². The van der Waals surface area contributed by atoms with Crippen LogP contribution in [0.4, 0.5) is 13.2 Å². The molecule has 0 aliphatic heterocycles. The summed E-state index contributed by atoms with van der Waals surface area (Å²) in [6.07, 6.45) is -6.16. The predicted molar refractivity (Wildman–Crippen MR) is 36.2 cm³/mol. The summed E-state index contributed by atoms with van der Waals surface area (Å²) in [5.74, 6) is -2.00. The van der Waals surface area contributed by atoms with Gasteiger partial charge in [-0.15, -0.1) is 0 Å². The Morgan fingerprint density at radius 1 is 1.62 bits per heavy atom. The zero-order valence-corrected chi connectivity index (χ0v) is 5.94. The summed E-state index contributed by atoms with van der Waals surface area (Å²) in [5, 5.41) is 8.52. The van der Waals surface area contributed by atoms with Crippen molar-refractivity contribution in [3.63, 3.8) is 0 Å². The number of halogens is 3. The zero-order valence-electron chi connectivity index (χ0n) is 8.94. The van der Waals surface area contributed by atoms with E-state index in [0.29, 0.717) is 0 Å². The summed E-state index contributed by atoms with van der Waals surface area (Å²) < 4.78 is 58.0. The van der Waals surface area contributed by atoms with E-state index in [4.69, 9.17) is 9.22 Å². The lowest BCUT2D eigenvalue weighted by Gasteiger charge is -2.07. The minimum Gasteiger partial charge on any atom is -0.478 e. The zero-order chi connectivity index (χ0) is 12.7. The fraction of sp³-hybridized carbons (Fsp3) is 0.143. The first-order chi connectivity index (χ1) is 7.16. The average Bonchev–Trinajstić information content (AvgIpc) is 2.11. The fourth-order valence-corrected chi connectivity index (χ4v) is 0.649. The van der Waals surface area contributed by atoms with E-state index in [0.717, 1.165) is 0 Å². The second-order valence-corrected chi connectivity index (χ2v) is 2.00. The Bertz CT molecular complexity index is 461. The van der Waals surface area contributed by atoms with Gasteiger partial charge in [0.25, 0.3) is 0 Å². The van der Waals surface area contributed by atoms with Crippen LogP contribution in [0.25, 0.3) is 0 Å². The van der Waals surface area contributed by atoms with Crippen LogP contribution in [0, 0.1) is 0 Å². The normalized spacial score (nSPS) is 14.5. The fourth-order valence-electron chi connectivity index (χ4n) is 0.649. The van der Waals surface area contributed by atoms with Gasteiger partial charge in [-0.05, 0) is 12.1 Å². The predicted octanol–water partition coefficient (Wildman–Crippen LogP) is 1.80. The maximum atomic E-state index is 12.3. The minimum atomic E-state index is -5.08. The van der Waals surface area contributed by atoms with Gasteiger partial charge in [0.05, 0.1) is 9.68 Å². The van der Waals surface area contributed by atoms with Crippen molar-refractivity contribution in [1.82, 2.24) is 4.98 Å². The van der Waals surface area contributed by atoms with Crippen molar-refractivity contribution in [2.45, 2.75) is 6.18 Å². The van der Waals surface area contributed by atoms with Crippen LogP contribution in [0.15, 0.2) is 18.3 Å². The molecule has 0 amide bonds. The number of aromatic carboxylic acids is 1. The van der Waals surface area contributed by atoms with E-state index in [1.165, 1.54) is 0 Å². The highest BCUT2D eigenvalue weighted by atomic mass is 19.4. The van der Waals surface area contributed by atoms with Gasteiger partial charge in [0.15, 0.2) is 5.69 Å². The molecule has 0 aliphatic rings. The summed E-state index contributed by atoms with van der Waals surface area (Å²) in [7, 11) is 0. The molecule has 1 heterocycles. The highest BCUT2D eigenvalue weighted by molar-refractivity contribution is 5.88. The lowest BCUT2D eigenvalue weighted by molar-refractivity contribution is -0.141. The lowest BCUT2D eigenvalue weighted by Crippen LogP contribution is -2.14. The molecule has 1 aromatic heterocycles. The molecule has 0 radical (unpaired) electrons. The molecule has 0 aliphatic carbocycles. The van der Waals surface area contributed by atoms with Gasteiger partial charge in [-0.25, -0.2) is 4.79 Å². The Morgan fingerprint density at radius 3 is 2.69 bits per heavy atom. The van der Waals surface area contributed by atoms with Gasteiger partial charge < -0.3 is 5.11 Å². The first-order valence-corrected chi connectivity index (χ1v) is 2.94. The molecule has 1 rings (SSSR count). The molecule has 1 aromatic rings. The SMILES string of the molecule is [2H]c1nc(C(F)(F)F)c(C(=O)O)c([2H])c1[2H]. The average molecular weight is 194 g/mol. The summed E-state index contributed by atoms with van der Waals surface area (Å²) in [5.41, 5.74) is -3.24. The van der Waals surface area contributed by atoms with Crippen LogP contribution in [0.5, 0.6) is 0 Å². The number of rotatable bonds is 1. The lowest BCUT2D eigenvalue weighted by atomic mass is 10.2. The van der Waals surface area contributed by atoms with Crippen LogP contribution in [-0.4, -0.2) is 16.1 Å². The second kappa shape index (κ2) is 3.04. The molecular formula is C7H4F3NO2. The highest BCUT2D eigenvalue weighted by Gasteiger charge is 2.36. The quantitative estimate of drug-likeness (QED) is 0.741. The molecule has 0 atom stereocenters. The largest absolute Gasteiger partial charge is 0.478 e. The number of pyridine rings is 1. The van der Waals surface area contributed by atoms with Crippen molar-refractivity contribution < 1.29 is 27.2 Å². The van der Waals surface area contributed by atoms with E-state index < -0.39 is 41.7 Å². The third-order valence-corrected chi connectivity index (χ3v) is 1.13. The Hall–Kier alpha value is -1.59. The van der Waals surface area contributed by atoms with Gasteiger partial charge in [-0.2, -0.15) is 13.2 Å². The molecule has 0 aromatic carbocycles. The molecule has 70 valence electrons. The smallest absolute Gasteiger partial charge is 0.434 e. The summed E-state index contributed by atoms with van der Waals surface area (Å²) in [6, 6.07) is -2.12. The third kappa shape index (κ3) is 1.95.